The SMILES string of the molecule is CC1(CNS(=O)(=O)c2cc(C(=O)O)cc(F)c2F)CCC1. The van der Waals surface area contributed by atoms with Crippen molar-refractivity contribution in [3.63, 3.8) is 0 Å². The maximum Gasteiger partial charge on any atom is 0.335 e. The average molecular weight is 319 g/mol. The van der Waals surface area contributed by atoms with Crippen LogP contribution in [0.5, 0.6) is 0 Å². The smallest absolute Gasteiger partial charge is 0.335 e. The first-order valence-electron chi connectivity index (χ1n) is 6.37. The highest BCUT2D eigenvalue weighted by Crippen LogP contribution is 2.39. The molecule has 2 N–H and O–H groups in total. The first kappa shape index (κ1) is 15.8. The van der Waals surface area contributed by atoms with E-state index in [1.54, 1.807) is 0 Å². The molecule has 0 radical (unpaired) electrons. The minimum atomic E-state index is -4.31. The molecule has 1 aromatic rings. The largest absolute Gasteiger partial charge is 0.478 e. The Bertz CT molecular complexity index is 684. The van der Waals surface area contributed by atoms with Crippen molar-refractivity contribution in [1.82, 2.24) is 4.72 Å². The lowest BCUT2D eigenvalue weighted by atomic mass is 9.71. The number of hydrogen-bond donors (Lipinski definition) is 2. The molecule has 0 aromatic heterocycles. The van der Waals surface area contributed by atoms with Crippen LogP contribution in [0.1, 0.15) is 36.5 Å². The Morgan fingerprint density at radius 2 is 2.00 bits per heavy atom. The van der Waals surface area contributed by atoms with Gasteiger partial charge in [-0.25, -0.2) is 26.7 Å². The summed E-state index contributed by atoms with van der Waals surface area (Å²) in [5.74, 6) is -4.62. The van der Waals surface area contributed by atoms with Gasteiger partial charge in [0, 0.05) is 6.54 Å². The molecule has 0 saturated heterocycles. The fraction of sp³-hybridized carbons (Fsp3) is 0.462. The van der Waals surface area contributed by atoms with Crippen molar-refractivity contribution < 1.29 is 27.1 Å². The van der Waals surface area contributed by atoms with Crippen LogP contribution in [0, 0.1) is 17.0 Å². The number of hydrogen-bond acceptors (Lipinski definition) is 3. The summed E-state index contributed by atoms with van der Waals surface area (Å²) in [6.45, 7) is 2.00. The zero-order valence-electron chi connectivity index (χ0n) is 11.3. The molecule has 1 aliphatic rings. The van der Waals surface area contributed by atoms with E-state index < -0.39 is 38.1 Å². The van der Waals surface area contributed by atoms with Crippen molar-refractivity contribution >= 4 is 16.0 Å². The van der Waals surface area contributed by atoms with Gasteiger partial charge >= 0.3 is 5.97 Å². The first-order valence-corrected chi connectivity index (χ1v) is 7.85. The number of benzene rings is 1. The molecule has 0 unspecified atom stereocenters. The van der Waals surface area contributed by atoms with Crippen molar-refractivity contribution in [1.29, 1.82) is 0 Å². The molecule has 2 rings (SSSR count). The summed E-state index contributed by atoms with van der Waals surface area (Å²) in [6, 6.07) is 1.07. The molecule has 0 atom stereocenters. The predicted molar refractivity (Wildman–Crippen MR) is 70.5 cm³/mol. The van der Waals surface area contributed by atoms with Crippen LogP contribution in [0.25, 0.3) is 0 Å². The highest BCUT2D eigenvalue weighted by atomic mass is 32.2. The summed E-state index contributed by atoms with van der Waals surface area (Å²) < 4.78 is 53.4. The molecule has 1 saturated carbocycles. The summed E-state index contributed by atoms with van der Waals surface area (Å²) in [5.41, 5.74) is -0.809. The normalized spacial score (nSPS) is 17.3. The first-order chi connectivity index (χ1) is 9.65. The number of rotatable bonds is 5. The Kier molecular flexibility index (Phi) is 4.03. The summed E-state index contributed by atoms with van der Waals surface area (Å²) in [5, 5.41) is 8.79. The van der Waals surface area contributed by atoms with Crippen LogP contribution in [0.15, 0.2) is 17.0 Å². The molecule has 116 valence electrons. The highest BCUT2D eigenvalue weighted by Gasteiger charge is 2.34. The number of nitrogens with one attached hydrogen (secondary N) is 1. The van der Waals surface area contributed by atoms with Crippen molar-refractivity contribution in [2.75, 3.05) is 6.54 Å². The van der Waals surface area contributed by atoms with Gasteiger partial charge in [0.05, 0.1) is 5.56 Å². The lowest BCUT2D eigenvalue weighted by molar-refractivity contribution is 0.0696. The number of aromatic carboxylic acids is 1. The Labute approximate surface area is 121 Å². The maximum absolute atomic E-state index is 13.7. The monoisotopic (exact) mass is 319 g/mol. The quantitative estimate of drug-likeness (QED) is 0.871. The number of carboxylic acid groups (broad SMARTS) is 1. The predicted octanol–water partition coefficient (Wildman–Crippen LogP) is 2.13. The third-order valence-corrected chi connectivity index (χ3v) is 5.18. The van der Waals surface area contributed by atoms with Gasteiger partial charge < -0.3 is 5.11 Å². The second-order valence-corrected chi connectivity index (χ2v) is 7.30. The zero-order chi connectivity index (χ0) is 15.8. The van der Waals surface area contributed by atoms with Crippen LogP contribution in [0.4, 0.5) is 8.78 Å². The molecular formula is C13H15F2NO4S. The van der Waals surface area contributed by atoms with E-state index in [1.807, 2.05) is 6.92 Å². The van der Waals surface area contributed by atoms with E-state index in [-0.39, 0.29) is 12.0 Å². The molecule has 0 heterocycles. The van der Waals surface area contributed by atoms with Crippen molar-refractivity contribution in [2.45, 2.75) is 31.1 Å². The van der Waals surface area contributed by atoms with E-state index in [0.717, 1.165) is 19.3 Å². The lowest BCUT2D eigenvalue weighted by Crippen LogP contribution is -2.40. The molecule has 21 heavy (non-hydrogen) atoms. The second-order valence-electron chi connectivity index (χ2n) is 5.56. The molecule has 1 fully saturated rings. The summed E-state index contributed by atoms with van der Waals surface area (Å²) in [4.78, 5) is 9.83. The summed E-state index contributed by atoms with van der Waals surface area (Å²) >= 11 is 0. The average Bonchev–Trinajstić information content (AvgIpc) is 2.36. The van der Waals surface area contributed by atoms with Crippen LogP contribution in [0.3, 0.4) is 0 Å². The molecule has 5 nitrogen and oxygen atoms in total. The van der Waals surface area contributed by atoms with E-state index in [1.165, 1.54) is 0 Å². The fourth-order valence-electron chi connectivity index (χ4n) is 2.19. The van der Waals surface area contributed by atoms with E-state index in [4.69, 9.17) is 5.11 Å². The number of halogens is 2. The molecular weight excluding hydrogens is 304 g/mol. The Balaban J connectivity index is 2.32. The lowest BCUT2D eigenvalue weighted by Gasteiger charge is -2.38. The van der Waals surface area contributed by atoms with Gasteiger partial charge in [-0.15, -0.1) is 0 Å². The Morgan fingerprint density at radius 1 is 1.38 bits per heavy atom. The van der Waals surface area contributed by atoms with Gasteiger partial charge in [0.25, 0.3) is 0 Å². The number of carboxylic acids is 1. The van der Waals surface area contributed by atoms with Crippen molar-refractivity contribution in [3.05, 3.63) is 29.3 Å². The number of carbonyl (C=O) groups is 1. The van der Waals surface area contributed by atoms with Gasteiger partial charge in [-0.3, -0.25) is 0 Å². The van der Waals surface area contributed by atoms with Crippen LogP contribution in [-0.2, 0) is 10.0 Å². The van der Waals surface area contributed by atoms with Gasteiger partial charge in [-0.2, -0.15) is 0 Å². The maximum atomic E-state index is 13.7. The molecule has 0 bridgehead atoms. The van der Waals surface area contributed by atoms with E-state index in [0.29, 0.717) is 12.1 Å². The summed E-state index contributed by atoms with van der Waals surface area (Å²) in [7, 11) is -4.31. The third-order valence-electron chi connectivity index (χ3n) is 3.78. The van der Waals surface area contributed by atoms with E-state index in [9.17, 15) is 22.0 Å². The minimum Gasteiger partial charge on any atom is -0.478 e. The van der Waals surface area contributed by atoms with Gasteiger partial charge in [0.2, 0.25) is 10.0 Å². The molecule has 1 aromatic carbocycles. The van der Waals surface area contributed by atoms with Crippen molar-refractivity contribution in [3.8, 4) is 0 Å². The molecule has 0 spiro atoms. The van der Waals surface area contributed by atoms with E-state index >= 15 is 0 Å². The van der Waals surface area contributed by atoms with Gasteiger partial charge in [-0.05, 0) is 30.4 Å². The van der Waals surface area contributed by atoms with Gasteiger partial charge in [0.15, 0.2) is 11.6 Å². The third kappa shape index (κ3) is 3.21. The highest BCUT2D eigenvalue weighted by molar-refractivity contribution is 7.89. The van der Waals surface area contributed by atoms with Crippen LogP contribution >= 0.6 is 0 Å². The molecule has 8 heteroatoms. The van der Waals surface area contributed by atoms with Gasteiger partial charge in [0.1, 0.15) is 4.90 Å². The molecule has 1 aliphatic carbocycles. The summed E-state index contributed by atoms with van der Waals surface area (Å²) in [6.07, 6.45) is 2.69. The standard InChI is InChI=1S/C13H15F2NO4S/c1-13(3-2-4-13)7-16-21(19,20)10-6-8(12(17)18)5-9(14)11(10)15/h5-6,16H,2-4,7H2,1H3,(H,17,18). The Hall–Kier alpha value is -1.54. The van der Waals surface area contributed by atoms with Crippen molar-refractivity contribution in [2.24, 2.45) is 5.41 Å². The van der Waals surface area contributed by atoms with Gasteiger partial charge in [-0.1, -0.05) is 13.3 Å². The van der Waals surface area contributed by atoms with Crippen LogP contribution in [0.2, 0.25) is 0 Å². The van der Waals surface area contributed by atoms with Crippen LogP contribution in [-0.4, -0.2) is 26.0 Å². The second kappa shape index (κ2) is 5.34. The number of sulfonamides is 1. The van der Waals surface area contributed by atoms with E-state index in [2.05, 4.69) is 4.72 Å². The Morgan fingerprint density at radius 3 is 2.48 bits per heavy atom. The molecule has 0 amide bonds. The fourth-order valence-corrected chi connectivity index (χ4v) is 3.50. The zero-order valence-corrected chi connectivity index (χ0v) is 12.1. The topological polar surface area (TPSA) is 83.5 Å². The minimum absolute atomic E-state index is 0.105. The molecule has 0 aliphatic heterocycles. The van der Waals surface area contributed by atoms with Crippen LogP contribution < -0.4 is 4.72 Å².